The van der Waals surface area contributed by atoms with Crippen LogP contribution in [0.25, 0.3) is 0 Å². The molecule has 0 bridgehead atoms. The first-order valence-corrected chi connectivity index (χ1v) is 3.07. The van der Waals surface area contributed by atoms with Gasteiger partial charge in [-0.1, -0.05) is 0 Å². The zero-order valence-corrected chi connectivity index (χ0v) is 8.16. The van der Waals surface area contributed by atoms with Crippen LogP contribution in [0.15, 0.2) is 18.3 Å². The topological polar surface area (TPSA) is 38.9 Å². The fourth-order valence-electron chi connectivity index (χ4n) is 0.657. The third kappa shape index (κ3) is 3.85. The van der Waals surface area contributed by atoms with E-state index in [-0.39, 0.29) is 36.7 Å². The fraction of sp³-hybridized carbons (Fsp3) is 0.286. The second kappa shape index (κ2) is 6.17. The summed E-state index contributed by atoms with van der Waals surface area (Å²) in [7, 11) is 0. The number of nitrogens with two attached hydrogens (primary N) is 1. The fourth-order valence-corrected chi connectivity index (χ4v) is 0.657. The lowest BCUT2D eigenvalue weighted by Crippen LogP contribution is -2.06. The predicted molar refractivity (Wildman–Crippen MR) is 51.3 cm³/mol. The van der Waals surface area contributed by atoms with E-state index in [1.807, 2.05) is 0 Å². The molecule has 0 unspecified atom stereocenters. The van der Waals surface area contributed by atoms with Gasteiger partial charge in [0.05, 0.1) is 11.9 Å². The van der Waals surface area contributed by atoms with Gasteiger partial charge in [-0.15, -0.1) is 24.8 Å². The van der Waals surface area contributed by atoms with Crippen molar-refractivity contribution in [3.8, 4) is 0 Å². The molecular formula is C7H11Cl2FN2. The van der Waals surface area contributed by atoms with Crippen molar-refractivity contribution in [1.82, 2.24) is 4.98 Å². The maximum absolute atomic E-state index is 12.2. The van der Waals surface area contributed by atoms with Gasteiger partial charge in [0.1, 0.15) is 5.82 Å². The normalized spacial score (nSPS) is 10.9. The third-order valence-electron chi connectivity index (χ3n) is 1.22. The highest BCUT2D eigenvalue weighted by molar-refractivity contribution is 5.85. The molecule has 1 aromatic rings. The Morgan fingerprint density at radius 2 is 2.00 bits per heavy atom. The highest BCUT2D eigenvalue weighted by Gasteiger charge is 1.98. The van der Waals surface area contributed by atoms with Gasteiger partial charge in [-0.25, -0.2) is 4.39 Å². The Labute approximate surface area is 83.2 Å². The second-order valence-corrected chi connectivity index (χ2v) is 2.19. The van der Waals surface area contributed by atoms with E-state index in [0.29, 0.717) is 5.69 Å². The van der Waals surface area contributed by atoms with Crippen LogP contribution in [0.4, 0.5) is 4.39 Å². The van der Waals surface area contributed by atoms with Crippen molar-refractivity contribution < 1.29 is 4.39 Å². The van der Waals surface area contributed by atoms with E-state index < -0.39 is 0 Å². The molecule has 0 fully saturated rings. The van der Waals surface area contributed by atoms with Crippen LogP contribution in [0.5, 0.6) is 0 Å². The van der Waals surface area contributed by atoms with Crippen LogP contribution in [0, 0.1) is 5.82 Å². The lowest BCUT2D eigenvalue weighted by Gasteiger charge is -2.01. The first kappa shape index (κ1) is 14.2. The van der Waals surface area contributed by atoms with Gasteiger partial charge in [-0.05, 0) is 19.1 Å². The van der Waals surface area contributed by atoms with E-state index in [9.17, 15) is 4.39 Å². The minimum Gasteiger partial charge on any atom is -0.323 e. The number of nitrogens with zero attached hydrogens (tertiary/aromatic N) is 1. The largest absolute Gasteiger partial charge is 0.323 e. The average Bonchev–Trinajstić information content (AvgIpc) is 1.88. The number of rotatable bonds is 1. The Balaban J connectivity index is 0. The molecule has 70 valence electrons. The molecule has 0 saturated heterocycles. The van der Waals surface area contributed by atoms with Crippen LogP contribution >= 0.6 is 24.8 Å². The maximum Gasteiger partial charge on any atom is 0.141 e. The lowest BCUT2D eigenvalue weighted by molar-refractivity contribution is 0.616. The summed E-state index contributed by atoms with van der Waals surface area (Å²) in [5.74, 6) is -0.329. The molecule has 0 aliphatic heterocycles. The molecule has 5 heteroatoms. The summed E-state index contributed by atoms with van der Waals surface area (Å²) in [6, 6.07) is 2.81. The number of hydrogen-bond acceptors (Lipinski definition) is 2. The summed E-state index contributed by atoms with van der Waals surface area (Å²) >= 11 is 0. The standard InChI is InChI=1S/C7H9FN2.2ClH/c1-5(9)7-3-2-6(8)4-10-7;;/h2-5H,9H2,1H3;2*1H/t5-;;/m1../s1. The van der Waals surface area contributed by atoms with Gasteiger partial charge >= 0.3 is 0 Å². The van der Waals surface area contributed by atoms with Crippen LogP contribution in [-0.4, -0.2) is 4.98 Å². The molecule has 0 aliphatic rings. The molecule has 1 atom stereocenters. The molecule has 1 aromatic heterocycles. The van der Waals surface area contributed by atoms with Crippen LogP contribution in [0.1, 0.15) is 18.7 Å². The van der Waals surface area contributed by atoms with Crippen LogP contribution in [-0.2, 0) is 0 Å². The van der Waals surface area contributed by atoms with Gasteiger partial charge in [0, 0.05) is 6.04 Å². The Morgan fingerprint density at radius 3 is 2.33 bits per heavy atom. The van der Waals surface area contributed by atoms with Gasteiger partial charge in [0.2, 0.25) is 0 Å². The minimum absolute atomic E-state index is 0. The zero-order valence-electron chi connectivity index (χ0n) is 6.53. The Bertz CT molecular complexity index is 213. The second-order valence-electron chi connectivity index (χ2n) is 2.19. The number of halogens is 3. The van der Waals surface area contributed by atoms with Crippen molar-refractivity contribution >= 4 is 24.8 Å². The summed E-state index contributed by atoms with van der Waals surface area (Å²) < 4.78 is 12.2. The molecule has 12 heavy (non-hydrogen) atoms. The van der Waals surface area contributed by atoms with Gasteiger partial charge < -0.3 is 5.73 Å². The first-order valence-electron chi connectivity index (χ1n) is 3.07. The smallest absolute Gasteiger partial charge is 0.141 e. The van der Waals surface area contributed by atoms with E-state index in [0.717, 1.165) is 0 Å². The molecule has 0 aromatic carbocycles. The van der Waals surface area contributed by atoms with Gasteiger partial charge in [-0.2, -0.15) is 0 Å². The van der Waals surface area contributed by atoms with Crippen molar-refractivity contribution in [1.29, 1.82) is 0 Å². The van der Waals surface area contributed by atoms with E-state index in [2.05, 4.69) is 4.98 Å². The van der Waals surface area contributed by atoms with Gasteiger partial charge in [-0.3, -0.25) is 4.98 Å². The minimum atomic E-state index is -0.329. The van der Waals surface area contributed by atoms with Crippen LogP contribution in [0.2, 0.25) is 0 Å². The Morgan fingerprint density at radius 1 is 1.42 bits per heavy atom. The molecule has 0 saturated carbocycles. The van der Waals surface area contributed by atoms with E-state index >= 15 is 0 Å². The van der Waals surface area contributed by atoms with E-state index in [4.69, 9.17) is 5.73 Å². The quantitative estimate of drug-likeness (QED) is 0.775. The Kier molecular flexibility index (Phi) is 7.28. The molecule has 0 radical (unpaired) electrons. The predicted octanol–water partition coefficient (Wildman–Crippen LogP) is 2.08. The van der Waals surface area contributed by atoms with Crippen molar-refractivity contribution in [2.45, 2.75) is 13.0 Å². The average molecular weight is 213 g/mol. The monoisotopic (exact) mass is 212 g/mol. The van der Waals surface area contributed by atoms with Crippen molar-refractivity contribution in [2.75, 3.05) is 0 Å². The van der Waals surface area contributed by atoms with Crippen LogP contribution in [0.3, 0.4) is 0 Å². The van der Waals surface area contributed by atoms with Crippen molar-refractivity contribution in [2.24, 2.45) is 5.73 Å². The zero-order chi connectivity index (χ0) is 7.56. The summed E-state index contributed by atoms with van der Waals surface area (Å²) in [5.41, 5.74) is 6.19. The summed E-state index contributed by atoms with van der Waals surface area (Å²) in [4.78, 5) is 3.78. The molecule has 0 aliphatic carbocycles. The van der Waals surface area contributed by atoms with Gasteiger partial charge in [0.25, 0.3) is 0 Å². The molecule has 1 rings (SSSR count). The third-order valence-corrected chi connectivity index (χ3v) is 1.22. The van der Waals surface area contributed by atoms with Gasteiger partial charge in [0.15, 0.2) is 0 Å². The van der Waals surface area contributed by atoms with E-state index in [1.54, 1.807) is 13.0 Å². The molecule has 2 nitrogen and oxygen atoms in total. The molecule has 1 heterocycles. The number of hydrogen-bond donors (Lipinski definition) is 1. The number of pyridine rings is 1. The SMILES string of the molecule is C[C@@H](N)c1ccc(F)cn1.Cl.Cl. The molecular weight excluding hydrogens is 202 g/mol. The van der Waals surface area contributed by atoms with Crippen molar-refractivity contribution in [3.05, 3.63) is 29.8 Å². The van der Waals surface area contributed by atoms with Crippen LogP contribution < -0.4 is 5.73 Å². The first-order chi connectivity index (χ1) is 4.70. The molecule has 0 spiro atoms. The van der Waals surface area contributed by atoms with Crippen molar-refractivity contribution in [3.63, 3.8) is 0 Å². The Hall–Kier alpha value is -0.380. The lowest BCUT2D eigenvalue weighted by atomic mass is 10.2. The molecule has 0 amide bonds. The maximum atomic E-state index is 12.2. The summed E-state index contributed by atoms with van der Waals surface area (Å²) in [6.45, 7) is 1.81. The highest BCUT2D eigenvalue weighted by atomic mass is 35.5. The number of aromatic nitrogens is 1. The molecule has 2 N–H and O–H groups in total. The summed E-state index contributed by atoms with van der Waals surface area (Å²) in [6.07, 6.45) is 1.17. The van der Waals surface area contributed by atoms with E-state index in [1.165, 1.54) is 12.3 Å². The summed E-state index contributed by atoms with van der Waals surface area (Å²) in [5, 5.41) is 0. The highest BCUT2D eigenvalue weighted by Crippen LogP contribution is 2.04.